The molecular formula is C26H35N2+. The minimum atomic E-state index is 0.0187. The van der Waals surface area contributed by atoms with Gasteiger partial charge in [0, 0.05) is 26.8 Å². The van der Waals surface area contributed by atoms with E-state index in [2.05, 4.69) is 120 Å². The van der Waals surface area contributed by atoms with Crippen LogP contribution in [-0.2, 0) is 5.54 Å². The van der Waals surface area contributed by atoms with Crippen molar-refractivity contribution in [3.8, 4) is 16.8 Å². The third-order valence-electron chi connectivity index (χ3n) is 5.49. The zero-order valence-corrected chi connectivity index (χ0v) is 18.7. The molecule has 0 spiro atoms. The van der Waals surface area contributed by atoms with Gasteiger partial charge in [-0.15, -0.1) is 9.36 Å². The van der Waals surface area contributed by atoms with Crippen molar-refractivity contribution >= 4 is 0 Å². The van der Waals surface area contributed by atoms with Crippen LogP contribution < -0.4 is 4.68 Å². The first-order valence-corrected chi connectivity index (χ1v) is 10.4. The summed E-state index contributed by atoms with van der Waals surface area (Å²) >= 11 is 0. The fourth-order valence-electron chi connectivity index (χ4n) is 3.98. The van der Waals surface area contributed by atoms with Crippen LogP contribution in [0, 0.1) is 6.92 Å². The molecule has 0 N–H and O–H groups in total. The maximum Gasteiger partial charge on any atom is 0.196 e. The van der Waals surface area contributed by atoms with E-state index in [1.807, 2.05) is 0 Å². The van der Waals surface area contributed by atoms with Crippen molar-refractivity contribution in [1.82, 2.24) is 4.68 Å². The van der Waals surface area contributed by atoms with Crippen LogP contribution in [0.2, 0.25) is 0 Å². The zero-order valence-electron chi connectivity index (χ0n) is 18.7. The van der Waals surface area contributed by atoms with Gasteiger partial charge in [0.15, 0.2) is 11.7 Å². The Morgan fingerprint density at radius 1 is 0.857 bits per heavy atom. The highest BCUT2D eigenvalue weighted by Gasteiger charge is 2.27. The lowest BCUT2D eigenvalue weighted by molar-refractivity contribution is -0.817. The molecule has 0 aliphatic heterocycles. The highest BCUT2D eigenvalue weighted by atomic mass is 15.4. The molecule has 0 unspecified atom stereocenters. The summed E-state index contributed by atoms with van der Waals surface area (Å²) in [6, 6.07) is 15.8. The third kappa shape index (κ3) is 3.78. The minimum Gasteiger partial charge on any atom is -0.128 e. The Bertz CT molecular complexity index is 942. The second kappa shape index (κ2) is 7.58. The summed E-state index contributed by atoms with van der Waals surface area (Å²) < 4.78 is 4.59. The van der Waals surface area contributed by atoms with Crippen molar-refractivity contribution in [2.75, 3.05) is 0 Å². The molecule has 0 saturated carbocycles. The molecule has 3 aromatic rings. The van der Waals surface area contributed by atoms with Gasteiger partial charge in [0.05, 0.1) is 6.20 Å². The molecule has 0 radical (unpaired) electrons. The molecule has 2 aromatic carbocycles. The smallest absolute Gasteiger partial charge is 0.128 e. The summed E-state index contributed by atoms with van der Waals surface area (Å²) in [5.41, 5.74) is 8.11. The Morgan fingerprint density at radius 3 is 2.00 bits per heavy atom. The molecule has 1 aromatic heterocycles. The summed E-state index contributed by atoms with van der Waals surface area (Å²) in [6.07, 6.45) is 4.32. The summed E-state index contributed by atoms with van der Waals surface area (Å²) in [7, 11) is 0. The van der Waals surface area contributed by atoms with Crippen LogP contribution in [0.15, 0.2) is 54.9 Å². The number of rotatable bonds is 4. The van der Waals surface area contributed by atoms with Crippen molar-refractivity contribution in [2.24, 2.45) is 0 Å². The SMILES string of the molecule is Cc1ccc(-c2c(C(C)C)cccc2C(C)C)cc1-n1ccc[n+]1C(C)(C)C. The molecule has 0 aliphatic rings. The van der Waals surface area contributed by atoms with Crippen molar-refractivity contribution in [3.63, 3.8) is 0 Å². The zero-order chi connectivity index (χ0) is 20.6. The highest BCUT2D eigenvalue weighted by molar-refractivity contribution is 5.74. The number of aromatic nitrogens is 2. The number of nitrogens with zero attached hydrogens (tertiary/aromatic N) is 2. The third-order valence-corrected chi connectivity index (χ3v) is 5.49. The number of hydrogen-bond donors (Lipinski definition) is 0. The summed E-state index contributed by atoms with van der Waals surface area (Å²) in [6.45, 7) is 18.1. The van der Waals surface area contributed by atoms with E-state index in [4.69, 9.17) is 0 Å². The van der Waals surface area contributed by atoms with Gasteiger partial charge in [-0.05, 0) is 52.6 Å². The van der Waals surface area contributed by atoms with Crippen molar-refractivity contribution in [3.05, 3.63) is 71.5 Å². The quantitative estimate of drug-likeness (QED) is 0.446. The summed E-state index contributed by atoms with van der Waals surface area (Å²) in [4.78, 5) is 0. The Balaban J connectivity index is 2.26. The monoisotopic (exact) mass is 375 g/mol. The van der Waals surface area contributed by atoms with E-state index < -0.39 is 0 Å². The van der Waals surface area contributed by atoms with Gasteiger partial charge < -0.3 is 0 Å². The van der Waals surface area contributed by atoms with E-state index in [9.17, 15) is 0 Å². The van der Waals surface area contributed by atoms with Crippen molar-refractivity contribution < 1.29 is 4.68 Å². The molecule has 148 valence electrons. The maximum absolute atomic E-state index is 2.37. The summed E-state index contributed by atoms with van der Waals surface area (Å²) in [5.74, 6) is 0.981. The van der Waals surface area contributed by atoms with Crippen molar-refractivity contribution in [2.45, 2.75) is 72.8 Å². The first-order valence-electron chi connectivity index (χ1n) is 10.4. The van der Waals surface area contributed by atoms with Gasteiger partial charge >= 0.3 is 0 Å². The molecule has 2 heteroatoms. The average molecular weight is 376 g/mol. The van der Waals surface area contributed by atoms with Gasteiger partial charge in [0.1, 0.15) is 5.69 Å². The van der Waals surface area contributed by atoms with Gasteiger partial charge in [0.25, 0.3) is 0 Å². The normalized spacial score (nSPS) is 12.2. The molecule has 1 heterocycles. The first kappa shape index (κ1) is 20.4. The standard InChI is InChI=1S/C26H35N2/c1-18(2)22-11-9-12-23(19(3)4)25(22)21-14-13-20(5)24(17-21)27-15-10-16-28(27)26(6,7)8/h9-19H,1-8H3/q+1. The molecule has 0 amide bonds. The molecule has 2 nitrogen and oxygen atoms in total. The fraction of sp³-hybridized carbons (Fsp3) is 0.423. The van der Waals surface area contributed by atoms with Crippen LogP contribution >= 0.6 is 0 Å². The van der Waals surface area contributed by atoms with E-state index in [0.29, 0.717) is 11.8 Å². The van der Waals surface area contributed by atoms with Gasteiger partial charge in [-0.3, -0.25) is 0 Å². The first-order chi connectivity index (χ1) is 13.1. The Kier molecular flexibility index (Phi) is 5.52. The minimum absolute atomic E-state index is 0.0187. The Labute approximate surface area is 170 Å². The van der Waals surface area contributed by atoms with E-state index >= 15 is 0 Å². The molecule has 0 atom stereocenters. The Hall–Kier alpha value is -2.35. The van der Waals surface area contributed by atoms with Gasteiger partial charge in [0.2, 0.25) is 0 Å². The Morgan fingerprint density at radius 2 is 1.46 bits per heavy atom. The highest BCUT2D eigenvalue weighted by Crippen LogP contribution is 2.37. The molecular weight excluding hydrogens is 340 g/mol. The molecule has 0 fully saturated rings. The fourth-order valence-corrected chi connectivity index (χ4v) is 3.98. The average Bonchev–Trinajstić information content (AvgIpc) is 3.11. The van der Waals surface area contributed by atoms with Gasteiger partial charge in [-0.1, -0.05) is 58.0 Å². The molecule has 3 rings (SSSR count). The second-order valence-electron chi connectivity index (χ2n) is 9.47. The number of aryl methyl sites for hydroxylation is 1. The lowest BCUT2D eigenvalue weighted by Gasteiger charge is -2.21. The predicted octanol–water partition coefficient (Wildman–Crippen LogP) is 6.74. The van der Waals surface area contributed by atoms with Gasteiger partial charge in [-0.25, -0.2) is 0 Å². The molecule has 28 heavy (non-hydrogen) atoms. The van der Waals surface area contributed by atoms with E-state index in [-0.39, 0.29) is 5.54 Å². The van der Waals surface area contributed by atoms with Crippen LogP contribution in [0.3, 0.4) is 0 Å². The maximum atomic E-state index is 2.37. The molecule has 0 aliphatic carbocycles. The van der Waals surface area contributed by atoms with Crippen LogP contribution in [0.4, 0.5) is 0 Å². The van der Waals surface area contributed by atoms with Crippen LogP contribution in [0.5, 0.6) is 0 Å². The topological polar surface area (TPSA) is 8.81 Å². The van der Waals surface area contributed by atoms with E-state index in [0.717, 1.165) is 0 Å². The molecule has 0 bridgehead atoms. The largest absolute Gasteiger partial charge is 0.196 e. The van der Waals surface area contributed by atoms with Crippen LogP contribution in [0.1, 0.15) is 77.0 Å². The van der Waals surface area contributed by atoms with E-state index in [1.54, 1.807) is 0 Å². The van der Waals surface area contributed by atoms with Crippen molar-refractivity contribution in [1.29, 1.82) is 0 Å². The molecule has 0 saturated heterocycles. The summed E-state index contributed by atoms with van der Waals surface area (Å²) in [5, 5.41) is 0. The lowest BCUT2D eigenvalue weighted by Crippen LogP contribution is -2.55. The van der Waals surface area contributed by atoms with Crippen LogP contribution in [0.25, 0.3) is 16.8 Å². The number of hydrogen-bond acceptors (Lipinski definition) is 0. The lowest BCUT2D eigenvalue weighted by atomic mass is 9.84. The number of benzene rings is 2. The van der Waals surface area contributed by atoms with Crippen LogP contribution in [-0.4, -0.2) is 4.68 Å². The van der Waals surface area contributed by atoms with Gasteiger partial charge in [-0.2, -0.15) is 0 Å². The van der Waals surface area contributed by atoms with E-state index in [1.165, 1.54) is 33.5 Å². The second-order valence-corrected chi connectivity index (χ2v) is 9.47. The predicted molar refractivity (Wildman–Crippen MR) is 119 cm³/mol.